The Bertz CT molecular complexity index is 1230. The van der Waals surface area contributed by atoms with E-state index in [1.165, 1.54) is 23.1 Å². The monoisotopic (exact) mass is 436 g/mol. The van der Waals surface area contributed by atoms with Crippen LogP contribution in [0.15, 0.2) is 69.9 Å². The largest absolute Gasteiger partial charge is 0.326 e. The van der Waals surface area contributed by atoms with E-state index in [2.05, 4.69) is 15.3 Å². The van der Waals surface area contributed by atoms with E-state index in [-0.39, 0.29) is 17.9 Å². The highest BCUT2D eigenvalue weighted by molar-refractivity contribution is 7.98. The van der Waals surface area contributed by atoms with Crippen molar-refractivity contribution < 1.29 is 4.79 Å². The second-order valence-electron chi connectivity index (χ2n) is 6.57. The van der Waals surface area contributed by atoms with Crippen LogP contribution in [0, 0.1) is 0 Å². The number of nitrogens with zero attached hydrogens (tertiary/aromatic N) is 3. The summed E-state index contributed by atoms with van der Waals surface area (Å²) in [7, 11) is 0. The van der Waals surface area contributed by atoms with Crippen molar-refractivity contribution in [2.45, 2.75) is 30.8 Å². The molecule has 0 fully saturated rings. The van der Waals surface area contributed by atoms with Gasteiger partial charge in [-0.1, -0.05) is 42.1 Å². The number of hydrogen-bond donors (Lipinski definition) is 1. The first kappa shape index (κ1) is 20.3. The van der Waals surface area contributed by atoms with Crippen molar-refractivity contribution >= 4 is 45.6 Å². The maximum absolute atomic E-state index is 12.7. The summed E-state index contributed by atoms with van der Waals surface area (Å²) in [5.41, 5.74) is 2.32. The zero-order valence-electron chi connectivity index (χ0n) is 16.4. The van der Waals surface area contributed by atoms with E-state index >= 15 is 0 Å². The smallest absolute Gasteiger partial charge is 0.262 e. The molecule has 0 radical (unpaired) electrons. The fourth-order valence-electron chi connectivity index (χ4n) is 3.04. The molecule has 2 aromatic heterocycles. The van der Waals surface area contributed by atoms with Crippen molar-refractivity contribution in [3.05, 3.63) is 81.0 Å². The van der Waals surface area contributed by atoms with Crippen LogP contribution in [0.3, 0.4) is 0 Å². The Morgan fingerprint density at radius 1 is 1.10 bits per heavy atom. The number of benzene rings is 2. The van der Waals surface area contributed by atoms with Crippen LogP contribution in [0.5, 0.6) is 0 Å². The van der Waals surface area contributed by atoms with Gasteiger partial charge in [-0.05, 0) is 31.2 Å². The van der Waals surface area contributed by atoms with E-state index in [0.29, 0.717) is 28.4 Å². The van der Waals surface area contributed by atoms with Crippen LogP contribution in [0.25, 0.3) is 10.9 Å². The Morgan fingerprint density at radius 3 is 2.67 bits per heavy atom. The molecule has 0 aliphatic rings. The van der Waals surface area contributed by atoms with Gasteiger partial charge in [0, 0.05) is 23.4 Å². The van der Waals surface area contributed by atoms with Gasteiger partial charge < -0.3 is 5.32 Å². The fourth-order valence-corrected chi connectivity index (χ4v) is 4.89. The Labute approximate surface area is 182 Å². The minimum atomic E-state index is -0.0919. The second-order valence-corrected chi connectivity index (χ2v) is 8.46. The number of para-hydroxylation sites is 2. The Hall–Kier alpha value is -2.97. The fraction of sp³-hybridized carbons (Fsp3) is 0.182. The van der Waals surface area contributed by atoms with E-state index < -0.39 is 0 Å². The molecule has 0 aliphatic carbocycles. The summed E-state index contributed by atoms with van der Waals surface area (Å²) in [5.74, 6) is 0.493. The van der Waals surface area contributed by atoms with Crippen molar-refractivity contribution in [3.8, 4) is 0 Å². The summed E-state index contributed by atoms with van der Waals surface area (Å²) in [4.78, 5) is 34.2. The summed E-state index contributed by atoms with van der Waals surface area (Å²) < 4.78 is 1.69. The molecule has 4 rings (SSSR count). The number of fused-ring (bicyclic) bond motifs is 1. The lowest BCUT2D eigenvalue weighted by Gasteiger charge is -2.10. The van der Waals surface area contributed by atoms with E-state index in [4.69, 9.17) is 0 Å². The van der Waals surface area contributed by atoms with Gasteiger partial charge in [-0.15, -0.1) is 11.3 Å². The number of amides is 1. The van der Waals surface area contributed by atoms with E-state index in [1.807, 2.05) is 60.8 Å². The second kappa shape index (κ2) is 9.23. The number of thiazole rings is 1. The van der Waals surface area contributed by atoms with Crippen LogP contribution in [-0.2, 0) is 23.5 Å². The molecular formula is C22H20N4O2S2. The Balaban J connectivity index is 1.43. The predicted molar refractivity (Wildman–Crippen MR) is 122 cm³/mol. The van der Waals surface area contributed by atoms with Gasteiger partial charge in [0.05, 0.1) is 23.0 Å². The maximum Gasteiger partial charge on any atom is 0.262 e. The summed E-state index contributed by atoms with van der Waals surface area (Å²) >= 11 is 2.95. The van der Waals surface area contributed by atoms with Crippen molar-refractivity contribution in [2.24, 2.45) is 0 Å². The minimum Gasteiger partial charge on any atom is -0.326 e. The molecule has 1 N–H and O–H groups in total. The molecule has 1 amide bonds. The molecule has 0 saturated heterocycles. The molecule has 0 saturated carbocycles. The van der Waals surface area contributed by atoms with Gasteiger partial charge in [-0.2, -0.15) is 0 Å². The van der Waals surface area contributed by atoms with Crippen LogP contribution in [0.4, 0.5) is 5.69 Å². The number of hydrogen-bond acceptors (Lipinski definition) is 6. The molecule has 4 aromatic rings. The molecule has 2 heterocycles. The topological polar surface area (TPSA) is 76.9 Å². The quantitative estimate of drug-likeness (QED) is 0.344. The summed E-state index contributed by atoms with van der Waals surface area (Å²) in [6.07, 6.45) is 0.234. The minimum absolute atomic E-state index is 0.0258. The van der Waals surface area contributed by atoms with Gasteiger partial charge >= 0.3 is 0 Å². The average molecular weight is 437 g/mol. The van der Waals surface area contributed by atoms with E-state index in [1.54, 1.807) is 10.6 Å². The molecule has 152 valence electrons. The van der Waals surface area contributed by atoms with Crippen LogP contribution >= 0.6 is 23.1 Å². The van der Waals surface area contributed by atoms with Gasteiger partial charge in [0.1, 0.15) is 5.01 Å². The third-order valence-corrected chi connectivity index (χ3v) is 6.37. The maximum atomic E-state index is 12.7. The normalized spacial score (nSPS) is 11.0. The van der Waals surface area contributed by atoms with Crippen molar-refractivity contribution in [2.75, 3.05) is 5.32 Å². The highest BCUT2D eigenvalue weighted by Gasteiger charge is 2.12. The average Bonchev–Trinajstić information content (AvgIpc) is 3.20. The number of rotatable bonds is 7. The molecule has 0 aliphatic heterocycles. The van der Waals surface area contributed by atoms with E-state index in [0.717, 1.165) is 16.4 Å². The standard InChI is InChI=1S/C22H20N4O2S2/c1-2-26-21(28)17-10-6-7-11-18(17)25-22(26)30-14-16-13-29-20(24-16)12-19(27)23-15-8-4-3-5-9-15/h3-11,13H,2,12,14H2,1H3,(H,23,27). The molecule has 2 aromatic carbocycles. The predicted octanol–water partition coefficient (Wildman–Crippen LogP) is 4.35. The number of carbonyl (C=O) groups is 1. The van der Waals surface area contributed by atoms with Gasteiger partial charge in [-0.25, -0.2) is 9.97 Å². The van der Waals surface area contributed by atoms with Crippen molar-refractivity contribution in [1.82, 2.24) is 14.5 Å². The lowest BCUT2D eigenvalue weighted by Crippen LogP contribution is -2.22. The van der Waals surface area contributed by atoms with Crippen molar-refractivity contribution in [1.29, 1.82) is 0 Å². The summed E-state index contributed by atoms with van der Waals surface area (Å²) in [6, 6.07) is 16.8. The van der Waals surface area contributed by atoms with Gasteiger partial charge in [0.2, 0.25) is 5.91 Å². The van der Waals surface area contributed by atoms with E-state index in [9.17, 15) is 9.59 Å². The lowest BCUT2D eigenvalue weighted by atomic mass is 10.2. The molecule has 30 heavy (non-hydrogen) atoms. The lowest BCUT2D eigenvalue weighted by molar-refractivity contribution is -0.115. The number of carbonyl (C=O) groups excluding carboxylic acids is 1. The SMILES string of the molecule is CCn1c(SCc2csc(CC(=O)Nc3ccccc3)n2)nc2ccccc2c1=O. The van der Waals surface area contributed by atoms with Crippen LogP contribution in [0.1, 0.15) is 17.6 Å². The highest BCUT2D eigenvalue weighted by atomic mass is 32.2. The molecule has 0 bridgehead atoms. The number of anilines is 1. The van der Waals surface area contributed by atoms with Gasteiger partial charge in [0.15, 0.2) is 5.16 Å². The molecule has 0 spiro atoms. The van der Waals surface area contributed by atoms with Gasteiger partial charge in [-0.3, -0.25) is 14.2 Å². The Morgan fingerprint density at radius 2 is 1.87 bits per heavy atom. The third kappa shape index (κ3) is 4.60. The molecule has 6 nitrogen and oxygen atoms in total. The molecular weight excluding hydrogens is 416 g/mol. The Kier molecular flexibility index (Phi) is 6.25. The number of nitrogens with one attached hydrogen (secondary N) is 1. The summed E-state index contributed by atoms with van der Waals surface area (Å²) in [6.45, 7) is 2.50. The number of thioether (sulfide) groups is 1. The molecule has 8 heteroatoms. The zero-order chi connectivity index (χ0) is 20.9. The molecule has 0 unspecified atom stereocenters. The first-order chi connectivity index (χ1) is 14.6. The molecule has 0 atom stereocenters. The third-order valence-electron chi connectivity index (χ3n) is 4.46. The first-order valence-electron chi connectivity index (χ1n) is 9.54. The van der Waals surface area contributed by atoms with Crippen LogP contribution in [-0.4, -0.2) is 20.4 Å². The highest BCUT2D eigenvalue weighted by Crippen LogP contribution is 2.23. The summed E-state index contributed by atoms with van der Waals surface area (Å²) in [5, 5.41) is 6.89. The van der Waals surface area contributed by atoms with Crippen LogP contribution in [0.2, 0.25) is 0 Å². The first-order valence-corrected chi connectivity index (χ1v) is 11.4. The number of aromatic nitrogens is 3. The van der Waals surface area contributed by atoms with Crippen LogP contribution < -0.4 is 10.9 Å². The van der Waals surface area contributed by atoms with Crippen molar-refractivity contribution in [3.63, 3.8) is 0 Å². The zero-order valence-corrected chi connectivity index (χ0v) is 18.0. The van der Waals surface area contributed by atoms with Gasteiger partial charge in [0.25, 0.3) is 5.56 Å².